The second-order valence-corrected chi connectivity index (χ2v) is 8.91. The van der Waals surface area contributed by atoms with Crippen LogP contribution >= 0.6 is 35.3 Å². The molecule has 0 saturated carbocycles. The highest BCUT2D eigenvalue weighted by atomic mass is 127. The number of rotatable bonds is 7. The molecule has 1 aromatic heterocycles. The van der Waals surface area contributed by atoms with Gasteiger partial charge in [-0.05, 0) is 40.0 Å². The summed E-state index contributed by atoms with van der Waals surface area (Å²) >= 11 is 1.64. The topological polar surface area (TPSA) is 78.9 Å². The molecule has 0 aromatic carbocycles. The number of aliphatic imine (C=N–C) groups is 1. The van der Waals surface area contributed by atoms with Crippen LogP contribution in [0.3, 0.4) is 0 Å². The van der Waals surface area contributed by atoms with Crippen LogP contribution < -0.4 is 10.6 Å². The van der Waals surface area contributed by atoms with Gasteiger partial charge >= 0.3 is 6.09 Å². The van der Waals surface area contributed by atoms with Gasteiger partial charge in [-0.1, -0.05) is 13.8 Å². The number of nitrogens with zero attached hydrogens (tertiary/aromatic N) is 3. The van der Waals surface area contributed by atoms with Gasteiger partial charge in [0.1, 0.15) is 5.60 Å². The van der Waals surface area contributed by atoms with Gasteiger partial charge in [-0.3, -0.25) is 4.99 Å². The van der Waals surface area contributed by atoms with Gasteiger partial charge in [0.15, 0.2) is 5.96 Å². The predicted octanol–water partition coefficient (Wildman–Crippen LogP) is 4.02. The molecule has 162 valence electrons. The molecule has 0 aliphatic carbocycles. The number of nitrogens with one attached hydrogen (secondary N) is 2. The normalized spacial score (nSPS) is 13.0. The van der Waals surface area contributed by atoms with Crippen LogP contribution in [0.4, 0.5) is 4.79 Å². The zero-order valence-corrected chi connectivity index (χ0v) is 21.5. The lowest BCUT2D eigenvalue weighted by atomic mass is 10.0. The molecule has 1 rings (SSSR count). The van der Waals surface area contributed by atoms with E-state index in [1.54, 1.807) is 18.4 Å². The Labute approximate surface area is 190 Å². The number of aromatic nitrogens is 1. The Morgan fingerprint density at radius 1 is 1.39 bits per heavy atom. The molecule has 0 spiro atoms. The molecule has 0 aliphatic heterocycles. The van der Waals surface area contributed by atoms with E-state index >= 15 is 0 Å². The standard InChI is InChI=1S/C19H35N5O2S.HI/c1-13(2)15(23-18(25)26-19(4,5)6)9-10-24(8)17(20-7)21-11-16-14(3)22-12-27-16;/h12-13,15H,9-11H2,1-8H3,(H,20,21)(H,23,25);1H. The fourth-order valence-corrected chi connectivity index (χ4v) is 3.23. The highest BCUT2D eigenvalue weighted by Crippen LogP contribution is 2.13. The fourth-order valence-electron chi connectivity index (χ4n) is 2.51. The van der Waals surface area contributed by atoms with Crippen molar-refractivity contribution in [2.75, 3.05) is 20.6 Å². The lowest BCUT2D eigenvalue weighted by molar-refractivity contribution is 0.0486. The Kier molecular flexibility index (Phi) is 12.0. The summed E-state index contributed by atoms with van der Waals surface area (Å²) in [6.45, 7) is 13.3. The van der Waals surface area contributed by atoms with Gasteiger partial charge < -0.3 is 20.3 Å². The minimum Gasteiger partial charge on any atom is -0.444 e. The molecule has 0 bridgehead atoms. The molecule has 9 heteroatoms. The molecule has 1 heterocycles. The Morgan fingerprint density at radius 3 is 2.50 bits per heavy atom. The van der Waals surface area contributed by atoms with Crippen LogP contribution in [-0.2, 0) is 11.3 Å². The van der Waals surface area contributed by atoms with Crippen LogP contribution in [0, 0.1) is 12.8 Å². The van der Waals surface area contributed by atoms with E-state index < -0.39 is 5.60 Å². The smallest absolute Gasteiger partial charge is 0.407 e. The van der Waals surface area contributed by atoms with Crippen LogP contribution in [0.2, 0.25) is 0 Å². The first kappa shape index (κ1) is 26.9. The van der Waals surface area contributed by atoms with Gasteiger partial charge in [-0.25, -0.2) is 9.78 Å². The summed E-state index contributed by atoms with van der Waals surface area (Å²) in [6.07, 6.45) is 0.431. The van der Waals surface area contributed by atoms with Crippen molar-refractivity contribution in [3.05, 3.63) is 16.1 Å². The Hall–Kier alpha value is -1.10. The molecule has 0 saturated heterocycles. The number of carbonyl (C=O) groups is 1. The molecule has 7 nitrogen and oxygen atoms in total. The SMILES string of the molecule is CN=C(NCc1scnc1C)N(C)CCC(NC(=O)OC(C)(C)C)C(C)C.I. The predicted molar refractivity (Wildman–Crippen MR) is 128 cm³/mol. The molecule has 2 N–H and O–H groups in total. The van der Waals surface area contributed by atoms with Gasteiger partial charge in [-0.2, -0.15) is 0 Å². The first-order valence-electron chi connectivity index (χ1n) is 9.33. The summed E-state index contributed by atoms with van der Waals surface area (Å²) in [5.41, 5.74) is 2.41. The zero-order chi connectivity index (χ0) is 20.6. The third-order valence-corrected chi connectivity index (χ3v) is 5.04. The van der Waals surface area contributed by atoms with Crippen molar-refractivity contribution in [1.29, 1.82) is 0 Å². The van der Waals surface area contributed by atoms with E-state index in [4.69, 9.17) is 4.74 Å². The highest BCUT2D eigenvalue weighted by molar-refractivity contribution is 14.0. The number of alkyl carbamates (subject to hydrolysis) is 1. The minimum atomic E-state index is -0.497. The number of halogens is 1. The summed E-state index contributed by atoms with van der Waals surface area (Å²) in [6, 6.07) is 0.0316. The van der Waals surface area contributed by atoms with Crippen LogP contribution in [0.1, 0.15) is 51.6 Å². The third kappa shape index (κ3) is 9.90. The van der Waals surface area contributed by atoms with Crippen LogP contribution in [0.5, 0.6) is 0 Å². The van der Waals surface area contributed by atoms with Crippen molar-refractivity contribution < 1.29 is 9.53 Å². The average Bonchev–Trinajstić information content (AvgIpc) is 2.95. The second-order valence-electron chi connectivity index (χ2n) is 7.97. The minimum absolute atomic E-state index is 0. The maximum Gasteiger partial charge on any atom is 0.407 e. The molecule has 0 radical (unpaired) electrons. The number of hydrogen-bond acceptors (Lipinski definition) is 5. The summed E-state index contributed by atoms with van der Waals surface area (Å²) in [5.74, 6) is 1.13. The van der Waals surface area contributed by atoms with Crippen molar-refractivity contribution in [1.82, 2.24) is 20.5 Å². The highest BCUT2D eigenvalue weighted by Gasteiger charge is 2.22. The average molecular weight is 526 g/mol. The van der Waals surface area contributed by atoms with Gasteiger partial charge in [0, 0.05) is 31.6 Å². The van der Waals surface area contributed by atoms with E-state index in [1.807, 2.05) is 40.3 Å². The quantitative estimate of drug-likeness (QED) is 0.320. The molecule has 0 fully saturated rings. The zero-order valence-electron chi connectivity index (χ0n) is 18.3. The first-order valence-corrected chi connectivity index (χ1v) is 10.2. The number of thiazole rings is 1. The Balaban J connectivity index is 0.00000729. The van der Waals surface area contributed by atoms with Crippen LogP contribution in [0.15, 0.2) is 10.5 Å². The monoisotopic (exact) mass is 525 g/mol. The molecule has 0 aliphatic rings. The van der Waals surface area contributed by atoms with Crippen molar-refractivity contribution >= 4 is 47.4 Å². The number of guanidine groups is 1. The largest absolute Gasteiger partial charge is 0.444 e. The van der Waals surface area contributed by atoms with Crippen molar-refractivity contribution in [3.63, 3.8) is 0 Å². The van der Waals surface area contributed by atoms with Gasteiger partial charge in [0.25, 0.3) is 0 Å². The van der Waals surface area contributed by atoms with E-state index in [1.165, 1.54) is 4.88 Å². The van der Waals surface area contributed by atoms with E-state index in [0.29, 0.717) is 12.5 Å². The lowest BCUT2D eigenvalue weighted by Crippen LogP contribution is -2.45. The van der Waals surface area contributed by atoms with E-state index in [0.717, 1.165) is 24.6 Å². The number of ether oxygens (including phenoxy) is 1. The van der Waals surface area contributed by atoms with Crippen molar-refractivity contribution in [2.45, 2.75) is 66.2 Å². The number of amides is 1. The molecule has 1 unspecified atom stereocenters. The van der Waals surface area contributed by atoms with Gasteiger partial charge in [0.05, 0.1) is 17.7 Å². The maximum atomic E-state index is 12.1. The Morgan fingerprint density at radius 2 is 2.04 bits per heavy atom. The molecular formula is C19H36IN5O2S. The summed E-state index contributed by atoms with van der Waals surface area (Å²) in [7, 11) is 3.77. The number of aryl methyl sites for hydroxylation is 1. The maximum absolute atomic E-state index is 12.1. The summed E-state index contributed by atoms with van der Waals surface area (Å²) in [4.78, 5) is 24.0. The van der Waals surface area contributed by atoms with Crippen molar-refractivity contribution in [3.8, 4) is 0 Å². The second kappa shape index (κ2) is 12.5. The molecular weight excluding hydrogens is 489 g/mol. The lowest BCUT2D eigenvalue weighted by Gasteiger charge is -2.28. The van der Waals surface area contributed by atoms with E-state index in [9.17, 15) is 4.79 Å². The molecule has 1 aromatic rings. The third-order valence-electron chi connectivity index (χ3n) is 4.11. The van der Waals surface area contributed by atoms with Gasteiger partial charge in [0.2, 0.25) is 0 Å². The van der Waals surface area contributed by atoms with E-state index in [2.05, 4.69) is 39.4 Å². The first-order chi connectivity index (χ1) is 12.5. The van der Waals surface area contributed by atoms with Gasteiger partial charge in [-0.15, -0.1) is 35.3 Å². The fraction of sp³-hybridized carbons (Fsp3) is 0.737. The molecule has 1 atom stereocenters. The van der Waals surface area contributed by atoms with Crippen molar-refractivity contribution in [2.24, 2.45) is 10.9 Å². The summed E-state index contributed by atoms with van der Waals surface area (Å²) in [5, 5.41) is 6.36. The Bertz CT molecular complexity index is 628. The van der Waals surface area contributed by atoms with Crippen LogP contribution in [-0.4, -0.2) is 54.2 Å². The number of carbonyl (C=O) groups excluding carboxylic acids is 1. The molecule has 28 heavy (non-hydrogen) atoms. The van der Waals surface area contributed by atoms with E-state index in [-0.39, 0.29) is 36.1 Å². The molecule has 1 amide bonds. The summed E-state index contributed by atoms with van der Waals surface area (Å²) < 4.78 is 5.38. The van der Waals surface area contributed by atoms with Crippen LogP contribution in [0.25, 0.3) is 0 Å². The number of hydrogen-bond donors (Lipinski definition) is 2.